The zero-order valence-corrected chi connectivity index (χ0v) is 31.7. The van der Waals surface area contributed by atoms with Gasteiger partial charge in [-0.2, -0.15) is 9.97 Å². The first kappa shape index (κ1) is 32.0. The van der Waals surface area contributed by atoms with Crippen molar-refractivity contribution in [1.29, 1.82) is 0 Å². The van der Waals surface area contributed by atoms with Gasteiger partial charge in [-0.25, -0.2) is 4.98 Å². The molecule has 0 aliphatic rings. The standard InChI is InChI=1S/C53H32N6/c1-4-15-33(16-5-1)51-54-52(34-17-6-2-7-18-34)56-53(55-51)59-46-30-28-36(32-42(46)48-47-26-14-25-44-38-21-10-11-23-40(38)49(50(48)59)58(44)47)35-27-29-45-41(31-35)39-22-12-13-24-43(39)57(45)37-19-8-3-9-20-37/h1-32H. The molecule has 6 heteroatoms. The molecule has 6 heterocycles. The maximum atomic E-state index is 5.29. The average Bonchev–Trinajstić information content (AvgIpc) is 4.03. The summed E-state index contributed by atoms with van der Waals surface area (Å²) in [6.07, 6.45) is 0. The predicted molar refractivity (Wildman–Crippen MR) is 242 cm³/mol. The lowest BCUT2D eigenvalue weighted by molar-refractivity contribution is 0.955. The van der Waals surface area contributed by atoms with E-state index in [1.807, 2.05) is 36.4 Å². The molecule has 0 saturated carbocycles. The molecule has 0 aliphatic heterocycles. The Hall–Kier alpha value is -8.09. The van der Waals surface area contributed by atoms with Crippen LogP contribution in [0.5, 0.6) is 0 Å². The largest absolute Gasteiger partial charge is 0.309 e. The SMILES string of the molecule is c1ccc(-c2nc(-c3ccccc3)nc(-n3c4ccc(-c5ccc6c(c5)c5ccccc5n6-c5ccccc5)cc4c4c3c3c5ccccc5c5cccc4n53)n2)cc1. The first-order chi connectivity index (χ1) is 29.3. The highest BCUT2D eigenvalue weighted by atomic mass is 15.2. The van der Waals surface area contributed by atoms with Gasteiger partial charge in [-0.15, -0.1) is 0 Å². The topological polar surface area (TPSA) is 52.9 Å². The average molecular weight is 753 g/mol. The molecular formula is C53H32N6. The van der Waals surface area contributed by atoms with E-state index in [1.54, 1.807) is 0 Å². The van der Waals surface area contributed by atoms with E-state index in [0.717, 1.165) is 55.4 Å². The van der Waals surface area contributed by atoms with Crippen LogP contribution in [0.2, 0.25) is 0 Å². The lowest BCUT2D eigenvalue weighted by atomic mass is 10.0. The summed E-state index contributed by atoms with van der Waals surface area (Å²) >= 11 is 0. The third-order valence-electron chi connectivity index (χ3n) is 12.0. The maximum Gasteiger partial charge on any atom is 0.238 e. The first-order valence-electron chi connectivity index (χ1n) is 20.0. The number of hydrogen-bond donors (Lipinski definition) is 0. The van der Waals surface area contributed by atoms with Crippen LogP contribution < -0.4 is 0 Å². The Morgan fingerprint density at radius 2 is 0.814 bits per heavy atom. The second-order valence-corrected chi connectivity index (χ2v) is 15.3. The zero-order chi connectivity index (χ0) is 38.6. The third-order valence-corrected chi connectivity index (χ3v) is 12.0. The van der Waals surface area contributed by atoms with E-state index in [0.29, 0.717) is 17.6 Å². The van der Waals surface area contributed by atoms with Crippen molar-refractivity contribution in [1.82, 2.24) is 28.5 Å². The van der Waals surface area contributed by atoms with Gasteiger partial charge in [0.25, 0.3) is 0 Å². The van der Waals surface area contributed by atoms with E-state index in [1.165, 1.54) is 43.5 Å². The van der Waals surface area contributed by atoms with E-state index < -0.39 is 0 Å². The molecule has 0 saturated heterocycles. The molecule has 6 aromatic heterocycles. The fourth-order valence-electron chi connectivity index (χ4n) is 9.49. The van der Waals surface area contributed by atoms with Crippen LogP contribution in [0, 0.1) is 0 Å². The molecule has 0 radical (unpaired) electrons. The molecule has 0 atom stereocenters. The summed E-state index contributed by atoms with van der Waals surface area (Å²) in [5, 5.41) is 7.21. The van der Waals surface area contributed by atoms with Crippen molar-refractivity contribution in [2.45, 2.75) is 0 Å². The van der Waals surface area contributed by atoms with Gasteiger partial charge in [0, 0.05) is 49.1 Å². The van der Waals surface area contributed by atoms with Crippen LogP contribution in [0.1, 0.15) is 0 Å². The highest BCUT2D eigenvalue weighted by Crippen LogP contribution is 2.45. The van der Waals surface area contributed by atoms with Gasteiger partial charge in [0.2, 0.25) is 5.95 Å². The van der Waals surface area contributed by atoms with Gasteiger partial charge < -0.3 is 8.97 Å². The van der Waals surface area contributed by atoms with Gasteiger partial charge in [0.15, 0.2) is 11.6 Å². The van der Waals surface area contributed by atoms with Crippen LogP contribution in [-0.2, 0) is 0 Å². The number of fused-ring (bicyclic) bond motifs is 11. The molecule has 13 rings (SSSR count). The Kier molecular flexibility index (Phi) is 6.63. The van der Waals surface area contributed by atoms with Crippen molar-refractivity contribution in [2.75, 3.05) is 0 Å². The van der Waals surface area contributed by atoms with Crippen LogP contribution in [0.25, 0.3) is 116 Å². The Bertz CT molecular complexity index is 3710. The fourth-order valence-corrected chi connectivity index (χ4v) is 9.49. The highest BCUT2D eigenvalue weighted by molar-refractivity contribution is 6.29. The van der Waals surface area contributed by atoms with E-state index in [2.05, 4.69) is 171 Å². The molecular weight excluding hydrogens is 721 g/mol. The van der Waals surface area contributed by atoms with Gasteiger partial charge in [0.05, 0.1) is 38.6 Å². The normalized spacial score (nSPS) is 12.1. The second kappa shape index (κ2) is 12.2. The van der Waals surface area contributed by atoms with E-state index in [4.69, 9.17) is 15.0 Å². The van der Waals surface area contributed by atoms with Crippen LogP contribution in [-0.4, -0.2) is 28.5 Å². The molecule has 13 aromatic rings. The second-order valence-electron chi connectivity index (χ2n) is 15.3. The highest BCUT2D eigenvalue weighted by Gasteiger charge is 2.26. The summed E-state index contributed by atoms with van der Waals surface area (Å²) in [4.78, 5) is 15.6. The Labute approximate surface area is 337 Å². The molecule has 274 valence electrons. The Balaban J connectivity index is 1.12. The minimum absolute atomic E-state index is 0.582. The Morgan fingerprint density at radius 3 is 1.49 bits per heavy atom. The summed E-state index contributed by atoms with van der Waals surface area (Å²) in [7, 11) is 0. The van der Waals surface area contributed by atoms with Gasteiger partial charge in [-0.3, -0.25) is 4.57 Å². The molecule has 0 unspecified atom stereocenters. The predicted octanol–water partition coefficient (Wildman–Crippen LogP) is 13.1. The number of benzene rings is 7. The molecule has 0 spiro atoms. The van der Waals surface area contributed by atoms with Crippen LogP contribution in [0.3, 0.4) is 0 Å². The molecule has 0 aliphatic carbocycles. The van der Waals surface area contributed by atoms with Gasteiger partial charge in [-0.05, 0) is 65.7 Å². The molecule has 59 heavy (non-hydrogen) atoms. The summed E-state index contributed by atoms with van der Waals surface area (Å²) in [6, 6.07) is 68.9. The zero-order valence-electron chi connectivity index (χ0n) is 31.7. The summed E-state index contributed by atoms with van der Waals surface area (Å²) in [5.41, 5.74) is 13.3. The minimum atomic E-state index is 0.582. The van der Waals surface area contributed by atoms with Gasteiger partial charge in [-0.1, -0.05) is 140 Å². The number of aromatic nitrogens is 6. The minimum Gasteiger partial charge on any atom is -0.309 e. The molecule has 6 nitrogen and oxygen atoms in total. The summed E-state index contributed by atoms with van der Waals surface area (Å²) in [5.74, 6) is 1.84. The Morgan fingerprint density at radius 1 is 0.305 bits per heavy atom. The molecule has 7 aromatic carbocycles. The van der Waals surface area contributed by atoms with E-state index in [9.17, 15) is 0 Å². The van der Waals surface area contributed by atoms with Crippen LogP contribution in [0.4, 0.5) is 0 Å². The van der Waals surface area contributed by atoms with Crippen LogP contribution in [0.15, 0.2) is 194 Å². The van der Waals surface area contributed by atoms with Crippen LogP contribution >= 0.6 is 0 Å². The van der Waals surface area contributed by atoms with Crippen molar-refractivity contribution in [3.05, 3.63) is 194 Å². The van der Waals surface area contributed by atoms with Crippen molar-refractivity contribution < 1.29 is 0 Å². The van der Waals surface area contributed by atoms with Crippen molar-refractivity contribution in [3.8, 4) is 45.5 Å². The summed E-state index contributed by atoms with van der Waals surface area (Å²) < 4.78 is 7.08. The fraction of sp³-hybridized carbons (Fsp3) is 0. The van der Waals surface area contributed by atoms with E-state index in [-0.39, 0.29) is 0 Å². The lowest BCUT2D eigenvalue weighted by Gasteiger charge is -2.11. The van der Waals surface area contributed by atoms with Gasteiger partial charge >= 0.3 is 0 Å². The number of rotatable bonds is 5. The van der Waals surface area contributed by atoms with Gasteiger partial charge in [0.1, 0.15) is 0 Å². The number of nitrogens with zero attached hydrogens (tertiary/aromatic N) is 6. The maximum absolute atomic E-state index is 5.29. The number of para-hydroxylation sites is 2. The van der Waals surface area contributed by atoms with Crippen molar-refractivity contribution >= 4 is 70.9 Å². The molecule has 0 bridgehead atoms. The molecule has 0 amide bonds. The monoisotopic (exact) mass is 752 g/mol. The molecule has 0 fully saturated rings. The van der Waals surface area contributed by atoms with Crippen molar-refractivity contribution in [3.63, 3.8) is 0 Å². The molecule has 0 N–H and O–H groups in total. The van der Waals surface area contributed by atoms with E-state index >= 15 is 0 Å². The third kappa shape index (κ3) is 4.59. The summed E-state index contributed by atoms with van der Waals surface area (Å²) in [6.45, 7) is 0. The number of pyridine rings is 1. The smallest absolute Gasteiger partial charge is 0.238 e. The quantitative estimate of drug-likeness (QED) is 0.176. The first-order valence-corrected chi connectivity index (χ1v) is 20.0. The number of hydrogen-bond acceptors (Lipinski definition) is 3. The lowest BCUT2D eigenvalue weighted by Crippen LogP contribution is -2.06. The van der Waals surface area contributed by atoms with Crippen molar-refractivity contribution in [2.24, 2.45) is 0 Å².